The second-order valence-corrected chi connectivity index (χ2v) is 2.71. The lowest BCUT2D eigenvalue weighted by Crippen LogP contribution is -3.00. The molecule has 0 radical (unpaired) electrons. The molecule has 3 N–H and O–H groups in total. The van der Waals surface area contributed by atoms with Gasteiger partial charge in [-0.1, -0.05) is 0 Å². The Balaban J connectivity index is 0.00000225. The average Bonchev–Trinajstić information content (AvgIpc) is 2.16. The van der Waals surface area contributed by atoms with E-state index in [1.54, 1.807) is 0 Å². The Morgan fingerprint density at radius 1 is 0.688 bits per heavy atom. The molecule has 16 heavy (non-hydrogen) atoms. The molecule has 0 aliphatic rings. The summed E-state index contributed by atoms with van der Waals surface area (Å²) in [5, 5.41) is 25.8. The molecule has 0 aliphatic heterocycles. The lowest BCUT2D eigenvalue weighted by Gasteiger charge is -2.00. The largest absolute Gasteiger partial charge is 1.00 e. The zero-order valence-electron chi connectivity index (χ0n) is 7.68. The van der Waals surface area contributed by atoms with Crippen molar-refractivity contribution in [1.82, 2.24) is 0 Å². The first-order chi connectivity index (χ1) is 6.91. The Labute approximate surface area is 95.5 Å². The summed E-state index contributed by atoms with van der Waals surface area (Å²) < 4.78 is 0. The van der Waals surface area contributed by atoms with E-state index in [1.807, 2.05) is 0 Å². The molecule has 0 saturated carbocycles. The van der Waals surface area contributed by atoms with Gasteiger partial charge in [-0.05, 0) is 18.2 Å². The molecule has 0 fully saturated rings. The van der Waals surface area contributed by atoms with Crippen LogP contribution in [-0.4, -0.2) is 33.2 Å². The third kappa shape index (κ3) is 2.96. The molecule has 0 aliphatic carbocycles. The van der Waals surface area contributed by atoms with Crippen LogP contribution in [0, 0.1) is 0 Å². The first-order valence-corrected chi connectivity index (χ1v) is 3.77. The minimum atomic E-state index is -1.37. The maximum atomic E-state index is 10.6. The highest BCUT2D eigenvalue weighted by atomic mass is 35.5. The molecular weight excluding hydrogens is 240 g/mol. The van der Waals surface area contributed by atoms with Gasteiger partial charge in [0, 0.05) is 0 Å². The van der Waals surface area contributed by atoms with Crippen LogP contribution in [0.1, 0.15) is 31.1 Å². The summed E-state index contributed by atoms with van der Waals surface area (Å²) in [7, 11) is 0. The minimum absolute atomic E-state index is 0. The monoisotopic (exact) mass is 245 g/mol. The van der Waals surface area contributed by atoms with Gasteiger partial charge >= 0.3 is 17.9 Å². The second kappa shape index (κ2) is 5.13. The van der Waals surface area contributed by atoms with Crippen molar-refractivity contribution in [1.29, 1.82) is 0 Å². The van der Waals surface area contributed by atoms with Crippen LogP contribution in [-0.2, 0) is 0 Å². The summed E-state index contributed by atoms with van der Waals surface area (Å²) in [5.41, 5.74) is -1.10. The van der Waals surface area contributed by atoms with Crippen molar-refractivity contribution in [3.8, 4) is 0 Å². The summed E-state index contributed by atoms with van der Waals surface area (Å²) in [6, 6.07) is 2.70. The van der Waals surface area contributed by atoms with Crippen molar-refractivity contribution < 1.29 is 42.1 Å². The lowest BCUT2D eigenvalue weighted by molar-refractivity contribution is -0.0000493. The highest BCUT2D eigenvalue weighted by Crippen LogP contribution is 2.11. The molecule has 0 bridgehead atoms. The summed E-state index contributed by atoms with van der Waals surface area (Å²) in [6.07, 6.45) is 0. The Hall–Kier alpha value is -2.08. The maximum absolute atomic E-state index is 10.6. The molecule has 0 aromatic heterocycles. The van der Waals surface area contributed by atoms with Crippen LogP contribution in [0.25, 0.3) is 0 Å². The summed E-state index contributed by atoms with van der Waals surface area (Å²) in [5.74, 6) is -4.12. The van der Waals surface area contributed by atoms with E-state index in [9.17, 15) is 14.4 Å². The lowest BCUT2D eigenvalue weighted by atomic mass is 10.1. The fraction of sp³-hybridized carbons (Fsp3) is 0. The summed E-state index contributed by atoms with van der Waals surface area (Å²) in [4.78, 5) is 31.7. The molecule has 0 spiro atoms. The SMILES string of the molecule is O=C(O)c1cc(C(=O)O)cc(C(=O)O)c1.[Cl-]. The molecule has 0 saturated heterocycles. The number of carboxylic acids is 3. The third-order valence-electron chi connectivity index (χ3n) is 1.67. The minimum Gasteiger partial charge on any atom is -1.00 e. The topological polar surface area (TPSA) is 112 Å². The molecule has 0 heterocycles. The molecular formula is C9H6ClO6-. The molecule has 0 atom stereocenters. The zero-order valence-corrected chi connectivity index (χ0v) is 8.43. The molecule has 0 amide bonds. The molecule has 0 unspecified atom stereocenters. The number of hydrogen-bond acceptors (Lipinski definition) is 3. The Morgan fingerprint density at radius 3 is 1.00 bits per heavy atom. The Bertz CT molecular complexity index is 374. The van der Waals surface area contributed by atoms with Crippen LogP contribution in [0.5, 0.6) is 0 Å². The number of rotatable bonds is 3. The third-order valence-corrected chi connectivity index (χ3v) is 1.67. The quantitative estimate of drug-likeness (QED) is 0.556. The van der Waals surface area contributed by atoms with Gasteiger partial charge in [0.25, 0.3) is 0 Å². The van der Waals surface area contributed by atoms with Gasteiger partial charge in [0.15, 0.2) is 0 Å². The summed E-state index contributed by atoms with van der Waals surface area (Å²) in [6.45, 7) is 0. The fourth-order valence-corrected chi connectivity index (χ4v) is 0.998. The van der Waals surface area contributed by atoms with Gasteiger partial charge in [-0.15, -0.1) is 0 Å². The number of halogens is 1. The van der Waals surface area contributed by atoms with E-state index in [0.29, 0.717) is 0 Å². The van der Waals surface area contributed by atoms with Crippen molar-refractivity contribution >= 4 is 17.9 Å². The van der Waals surface area contributed by atoms with E-state index in [0.717, 1.165) is 18.2 Å². The van der Waals surface area contributed by atoms with Gasteiger partial charge in [0.1, 0.15) is 0 Å². The van der Waals surface area contributed by atoms with Crippen molar-refractivity contribution in [2.45, 2.75) is 0 Å². The smallest absolute Gasteiger partial charge is 0.335 e. The summed E-state index contributed by atoms with van der Waals surface area (Å²) >= 11 is 0. The average molecular weight is 246 g/mol. The Kier molecular flexibility index (Phi) is 4.46. The molecule has 7 heteroatoms. The number of aromatic carboxylic acids is 3. The van der Waals surface area contributed by atoms with Gasteiger partial charge in [-0.3, -0.25) is 0 Å². The van der Waals surface area contributed by atoms with Crippen LogP contribution in [0.15, 0.2) is 18.2 Å². The van der Waals surface area contributed by atoms with Gasteiger partial charge in [0.2, 0.25) is 0 Å². The molecule has 1 aromatic rings. The highest BCUT2D eigenvalue weighted by Gasteiger charge is 2.14. The van der Waals surface area contributed by atoms with Crippen molar-refractivity contribution in [2.24, 2.45) is 0 Å². The van der Waals surface area contributed by atoms with Crippen LogP contribution < -0.4 is 12.4 Å². The van der Waals surface area contributed by atoms with Gasteiger partial charge in [0.05, 0.1) is 16.7 Å². The van der Waals surface area contributed by atoms with E-state index >= 15 is 0 Å². The van der Waals surface area contributed by atoms with Crippen LogP contribution in [0.4, 0.5) is 0 Å². The second-order valence-electron chi connectivity index (χ2n) is 2.71. The van der Waals surface area contributed by atoms with Crippen LogP contribution in [0.2, 0.25) is 0 Å². The normalized spacial score (nSPS) is 9.00. The van der Waals surface area contributed by atoms with E-state index in [2.05, 4.69) is 0 Å². The van der Waals surface area contributed by atoms with Crippen molar-refractivity contribution in [3.05, 3.63) is 34.9 Å². The van der Waals surface area contributed by atoms with Crippen LogP contribution >= 0.6 is 0 Å². The highest BCUT2D eigenvalue weighted by molar-refractivity contribution is 5.98. The van der Waals surface area contributed by atoms with E-state index in [-0.39, 0.29) is 29.1 Å². The standard InChI is InChI=1S/C9H6O6.ClH/c10-7(11)4-1-5(8(12)13)3-6(2-4)9(14)15;/h1-3H,(H,10,11)(H,12,13)(H,14,15);1H/p-1. The van der Waals surface area contributed by atoms with Gasteiger partial charge < -0.3 is 27.7 Å². The maximum Gasteiger partial charge on any atom is 0.335 e. The fourth-order valence-electron chi connectivity index (χ4n) is 0.998. The first kappa shape index (κ1) is 13.9. The predicted octanol–water partition coefficient (Wildman–Crippen LogP) is -2.21. The van der Waals surface area contributed by atoms with E-state index < -0.39 is 17.9 Å². The van der Waals surface area contributed by atoms with E-state index in [1.165, 1.54) is 0 Å². The van der Waals surface area contributed by atoms with Gasteiger partial charge in [-0.2, -0.15) is 0 Å². The van der Waals surface area contributed by atoms with E-state index in [4.69, 9.17) is 15.3 Å². The number of carbonyl (C=O) groups is 3. The Morgan fingerprint density at radius 2 is 0.875 bits per heavy atom. The molecule has 86 valence electrons. The molecule has 1 rings (SSSR count). The number of carboxylic acid groups (broad SMARTS) is 3. The van der Waals surface area contributed by atoms with Crippen molar-refractivity contribution in [3.63, 3.8) is 0 Å². The number of hydrogen-bond donors (Lipinski definition) is 3. The predicted molar refractivity (Wildman–Crippen MR) is 47.3 cm³/mol. The first-order valence-electron chi connectivity index (χ1n) is 3.77. The number of benzene rings is 1. The van der Waals surface area contributed by atoms with Gasteiger partial charge in [-0.25, -0.2) is 14.4 Å². The zero-order chi connectivity index (χ0) is 11.6. The molecule has 6 nitrogen and oxygen atoms in total. The van der Waals surface area contributed by atoms with Crippen LogP contribution in [0.3, 0.4) is 0 Å². The molecule has 1 aromatic carbocycles. The van der Waals surface area contributed by atoms with Crippen molar-refractivity contribution in [2.75, 3.05) is 0 Å².